The Morgan fingerprint density at radius 3 is 2.58 bits per heavy atom. The first-order valence-electron chi connectivity index (χ1n) is 9.46. The van der Waals surface area contributed by atoms with E-state index in [1.54, 1.807) is 6.92 Å². The van der Waals surface area contributed by atoms with Gasteiger partial charge in [0, 0.05) is 26.1 Å². The van der Waals surface area contributed by atoms with E-state index in [4.69, 9.17) is 5.11 Å². The van der Waals surface area contributed by atoms with Crippen molar-refractivity contribution in [1.82, 2.24) is 15.5 Å². The van der Waals surface area contributed by atoms with Crippen LogP contribution >= 0.6 is 12.4 Å². The molecule has 150 valence electrons. The Morgan fingerprint density at radius 2 is 1.92 bits per heavy atom. The van der Waals surface area contributed by atoms with Crippen molar-refractivity contribution in [2.45, 2.75) is 45.4 Å². The predicted octanol–water partition coefficient (Wildman–Crippen LogP) is 1.26. The van der Waals surface area contributed by atoms with Crippen LogP contribution < -0.4 is 10.6 Å². The molecule has 0 aromatic heterocycles. The van der Waals surface area contributed by atoms with Gasteiger partial charge < -0.3 is 20.6 Å². The van der Waals surface area contributed by atoms with Crippen LogP contribution in [0.25, 0.3) is 0 Å². The third-order valence-corrected chi connectivity index (χ3v) is 5.37. The van der Waals surface area contributed by atoms with Crippen molar-refractivity contribution in [3.05, 3.63) is 0 Å². The standard InChI is InChI=1S/C18H31N3O4.ClH/c1-13(18(24)25)11-20-17(23)15-3-2-10-21(12-15)16(22)5-4-14-6-8-19-9-7-14;/h13-15,19H,2-12H2,1H3,(H,20,23)(H,24,25);1H. The van der Waals surface area contributed by atoms with Crippen LogP contribution in [0, 0.1) is 17.8 Å². The van der Waals surface area contributed by atoms with Gasteiger partial charge in [0.1, 0.15) is 0 Å². The molecular formula is C18H32ClN3O4. The number of piperidine rings is 2. The number of aliphatic carboxylic acids is 1. The highest BCUT2D eigenvalue weighted by atomic mass is 35.5. The van der Waals surface area contributed by atoms with Crippen molar-refractivity contribution in [3.63, 3.8) is 0 Å². The molecule has 2 atom stereocenters. The SMILES string of the molecule is CC(CNC(=O)C1CCCN(C(=O)CCC2CCNCC2)C1)C(=O)O.Cl. The number of carbonyl (C=O) groups is 3. The third kappa shape index (κ3) is 7.11. The summed E-state index contributed by atoms with van der Waals surface area (Å²) in [7, 11) is 0. The maximum absolute atomic E-state index is 12.5. The van der Waals surface area contributed by atoms with Crippen LogP contribution in [0.1, 0.15) is 45.4 Å². The monoisotopic (exact) mass is 389 g/mol. The van der Waals surface area contributed by atoms with Gasteiger partial charge in [0.25, 0.3) is 0 Å². The molecule has 26 heavy (non-hydrogen) atoms. The molecule has 2 rings (SSSR count). The molecule has 7 nitrogen and oxygen atoms in total. The maximum atomic E-state index is 12.5. The number of carboxylic acids is 1. The van der Waals surface area contributed by atoms with Crippen LogP contribution in [-0.4, -0.2) is 60.5 Å². The highest BCUT2D eigenvalue weighted by molar-refractivity contribution is 5.85. The maximum Gasteiger partial charge on any atom is 0.308 e. The molecule has 0 aromatic rings. The molecule has 8 heteroatoms. The molecule has 2 saturated heterocycles. The van der Waals surface area contributed by atoms with E-state index in [1.165, 1.54) is 0 Å². The number of rotatable bonds is 7. The summed E-state index contributed by atoms with van der Waals surface area (Å²) in [6, 6.07) is 0. The molecule has 0 aromatic carbocycles. The van der Waals surface area contributed by atoms with Gasteiger partial charge in [-0.15, -0.1) is 12.4 Å². The summed E-state index contributed by atoms with van der Waals surface area (Å²) in [5, 5.41) is 14.9. The fourth-order valence-corrected chi connectivity index (χ4v) is 3.56. The summed E-state index contributed by atoms with van der Waals surface area (Å²) in [6.45, 7) is 4.96. The van der Waals surface area contributed by atoms with E-state index in [9.17, 15) is 14.4 Å². The summed E-state index contributed by atoms with van der Waals surface area (Å²) in [6.07, 6.45) is 5.36. The lowest BCUT2D eigenvalue weighted by molar-refractivity contribution is -0.141. The molecule has 0 bridgehead atoms. The molecular weight excluding hydrogens is 358 g/mol. The number of nitrogens with zero attached hydrogens (tertiary/aromatic N) is 1. The Hall–Kier alpha value is -1.34. The van der Waals surface area contributed by atoms with E-state index in [0.717, 1.165) is 51.7 Å². The van der Waals surface area contributed by atoms with Gasteiger partial charge in [-0.25, -0.2) is 0 Å². The zero-order valence-electron chi connectivity index (χ0n) is 15.5. The topological polar surface area (TPSA) is 98.7 Å². The number of amides is 2. The number of nitrogens with one attached hydrogen (secondary N) is 2. The minimum absolute atomic E-state index is 0. The molecule has 0 spiro atoms. The lowest BCUT2D eigenvalue weighted by Gasteiger charge is -2.33. The largest absolute Gasteiger partial charge is 0.481 e. The molecule has 2 fully saturated rings. The summed E-state index contributed by atoms with van der Waals surface area (Å²) in [5.74, 6) is -1.10. The number of halogens is 1. The number of carbonyl (C=O) groups excluding carboxylic acids is 2. The van der Waals surface area contributed by atoms with Gasteiger partial charge >= 0.3 is 5.97 Å². The lowest BCUT2D eigenvalue weighted by atomic mass is 9.92. The number of hydrogen-bond donors (Lipinski definition) is 3. The molecule has 0 aliphatic carbocycles. The molecule has 3 N–H and O–H groups in total. The second-order valence-corrected chi connectivity index (χ2v) is 7.40. The molecule has 0 saturated carbocycles. The van der Waals surface area contributed by atoms with E-state index in [0.29, 0.717) is 18.9 Å². The first-order valence-corrected chi connectivity index (χ1v) is 9.46. The number of hydrogen-bond acceptors (Lipinski definition) is 4. The minimum Gasteiger partial charge on any atom is -0.481 e. The number of carboxylic acid groups (broad SMARTS) is 1. The Kier molecular flexibility index (Phi) is 9.94. The van der Waals surface area contributed by atoms with Gasteiger partial charge in [0.2, 0.25) is 11.8 Å². The Balaban J connectivity index is 0.00000338. The van der Waals surface area contributed by atoms with Crippen molar-refractivity contribution < 1.29 is 19.5 Å². The van der Waals surface area contributed by atoms with Gasteiger partial charge in [0.05, 0.1) is 11.8 Å². The van der Waals surface area contributed by atoms with Crippen molar-refractivity contribution >= 4 is 30.2 Å². The van der Waals surface area contributed by atoms with E-state index in [2.05, 4.69) is 10.6 Å². The van der Waals surface area contributed by atoms with E-state index < -0.39 is 11.9 Å². The molecule has 2 aliphatic heterocycles. The molecule has 0 radical (unpaired) electrons. The highest BCUT2D eigenvalue weighted by Crippen LogP contribution is 2.21. The normalized spacial score (nSPS) is 22.2. The van der Waals surface area contributed by atoms with Crippen LogP contribution in [0.4, 0.5) is 0 Å². The Bertz CT molecular complexity index is 483. The summed E-state index contributed by atoms with van der Waals surface area (Å²) in [4.78, 5) is 37.4. The average Bonchev–Trinajstić information content (AvgIpc) is 2.64. The van der Waals surface area contributed by atoms with Gasteiger partial charge in [0.15, 0.2) is 0 Å². The fourth-order valence-electron chi connectivity index (χ4n) is 3.56. The molecule has 2 aliphatic rings. The zero-order valence-corrected chi connectivity index (χ0v) is 16.4. The van der Waals surface area contributed by atoms with Crippen LogP contribution in [0.2, 0.25) is 0 Å². The van der Waals surface area contributed by atoms with Gasteiger partial charge in [-0.1, -0.05) is 6.92 Å². The second-order valence-electron chi connectivity index (χ2n) is 7.40. The van der Waals surface area contributed by atoms with Crippen molar-refractivity contribution in [3.8, 4) is 0 Å². The first-order chi connectivity index (χ1) is 12.0. The van der Waals surface area contributed by atoms with Gasteiger partial charge in [-0.05, 0) is 51.1 Å². The van der Waals surface area contributed by atoms with Crippen LogP contribution in [0.5, 0.6) is 0 Å². The van der Waals surface area contributed by atoms with Crippen molar-refractivity contribution in [1.29, 1.82) is 0 Å². The lowest BCUT2D eigenvalue weighted by Crippen LogP contribution is -2.46. The van der Waals surface area contributed by atoms with Crippen molar-refractivity contribution in [2.75, 3.05) is 32.7 Å². The smallest absolute Gasteiger partial charge is 0.308 e. The van der Waals surface area contributed by atoms with Crippen molar-refractivity contribution in [2.24, 2.45) is 17.8 Å². The van der Waals surface area contributed by atoms with E-state index >= 15 is 0 Å². The van der Waals surface area contributed by atoms with Gasteiger partial charge in [-0.2, -0.15) is 0 Å². The summed E-state index contributed by atoms with van der Waals surface area (Å²) in [5.41, 5.74) is 0. The van der Waals surface area contributed by atoms with Crippen LogP contribution in [0.15, 0.2) is 0 Å². The van der Waals surface area contributed by atoms with Gasteiger partial charge in [-0.3, -0.25) is 14.4 Å². The quantitative estimate of drug-likeness (QED) is 0.609. The Morgan fingerprint density at radius 1 is 1.23 bits per heavy atom. The number of likely N-dealkylation sites (tertiary alicyclic amines) is 1. The predicted molar refractivity (Wildman–Crippen MR) is 101 cm³/mol. The molecule has 2 heterocycles. The highest BCUT2D eigenvalue weighted by Gasteiger charge is 2.29. The van der Waals surface area contributed by atoms with Crippen LogP contribution in [-0.2, 0) is 14.4 Å². The van der Waals surface area contributed by atoms with Crippen LogP contribution in [0.3, 0.4) is 0 Å². The Labute approximate surface area is 161 Å². The summed E-state index contributed by atoms with van der Waals surface area (Å²) >= 11 is 0. The third-order valence-electron chi connectivity index (χ3n) is 5.37. The van der Waals surface area contributed by atoms with E-state index in [1.807, 2.05) is 4.90 Å². The fraction of sp³-hybridized carbons (Fsp3) is 0.833. The molecule has 2 amide bonds. The summed E-state index contributed by atoms with van der Waals surface area (Å²) < 4.78 is 0. The average molecular weight is 390 g/mol. The first kappa shape index (κ1) is 22.7. The van der Waals surface area contributed by atoms with E-state index in [-0.39, 0.29) is 36.7 Å². The zero-order chi connectivity index (χ0) is 18.2. The second kappa shape index (κ2) is 11.4. The minimum atomic E-state index is -0.918. The molecule has 2 unspecified atom stereocenters.